The summed E-state index contributed by atoms with van der Waals surface area (Å²) >= 11 is 0. The van der Waals surface area contributed by atoms with Crippen LogP contribution in [0, 0.1) is 5.82 Å². The van der Waals surface area contributed by atoms with Gasteiger partial charge in [0.1, 0.15) is 11.6 Å². The van der Waals surface area contributed by atoms with Crippen LogP contribution in [0.5, 0.6) is 5.75 Å². The molecule has 0 aliphatic heterocycles. The Kier molecular flexibility index (Phi) is 6.42. The van der Waals surface area contributed by atoms with Crippen LogP contribution in [-0.2, 0) is 11.2 Å². The lowest BCUT2D eigenvalue weighted by atomic mass is 10.1. The molecule has 0 fully saturated rings. The van der Waals surface area contributed by atoms with Gasteiger partial charge in [-0.15, -0.1) is 0 Å². The standard InChI is InChI=1S/C18H20FNO2/c19-16-7-4-6-15(14-16)10-11-18(21)20-12-5-13-22-17-8-2-1-3-9-17/h1-4,6-9,14H,5,10-13H2,(H,20,21). The number of amides is 1. The summed E-state index contributed by atoms with van der Waals surface area (Å²) in [6.45, 7) is 1.14. The highest BCUT2D eigenvalue weighted by atomic mass is 19.1. The van der Waals surface area contributed by atoms with Crippen molar-refractivity contribution in [1.29, 1.82) is 0 Å². The fourth-order valence-corrected chi connectivity index (χ4v) is 2.05. The second-order valence-corrected chi connectivity index (χ2v) is 4.99. The van der Waals surface area contributed by atoms with E-state index in [2.05, 4.69) is 5.32 Å². The van der Waals surface area contributed by atoms with Crippen LogP contribution in [0.3, 0.4) is 0 Å². The van der Waals surface area contributed by atoms with Gasteiger partial charge in [-0.05, 0) is 42.7 Å². The summed E-state index contributed by atoms with van der Waals surface area (Å²) in [4.78, 5) is 11.7. The number of carbonyl (C=O) groups excluding carboxylic acids is 1. The number of aryl methyl sites for hydroxylation is 1. The number of ether oxygens (including phenoxy) is 1. The number of halogens is 1. The molecule has 0 aliphatic carbocycles. The van der Waals surface area contributed by atoms with Crippen molar-refractivity contribution in [3.05, 3.63) is 66.0 Å². The number of para-hydroxylation sites is 1. The molecule has 1 N–H and O–H groups in total. The lowest BCUT2D eigenvalue weighted by molar-refractivity contribution is -0.121. The zero-order valence-corrected chi connectivity index (χ0v) is 12.4. The summed E-state index contributed by atoms with van der Waals surface area (Å²) in [5, 5.41) is 2.84. The van der Waals surface area contributed by atoms with Crippen molar-refractivity contribution in [2.45, 2.75) is 19.3 Å². The Labute approximate surface area is 130 Å². The van der Waals surface area contributed by atoms with Crippen LogP contribution >= 0.6 is 0 Å². The number of nitrogens with one attached hydrogen (secondary N) is 1. The molecule has 0 saturated carbocycles. The van der Waals surface area contributed by atoms with E-state index in [4.69, 9.17) is 4.74 Å². The molecular weight excluding hydrogens is 281 g/mol. The average Bonchev–Trinajstić information content (AvgIpc) is 2.54. The Balaban J connectivity index is 1.56. The number of hydrogen-bond acceptors (Lipinski definition) is 2. The van der Waals surface area contributed by atoms with Crippen LogP contribution in [0.15, 0.2) is 54.6 Å². The third-order valence-electron chi connectivity index (χ3n) is 3.18. The summed E-state index contributed by atoms with van der Waals surface area (Å²) in [6.07, 6.45) is 1.66. The van der Waals surface area contributed by atoms with Gasteiger partial charge in [0.15, 0.2) is 0 Å². The quantitative estimate of drug-likeness (QED) is 0.759. The van der Waals surface area contributed by atoms with Gasteiger partial charge in [-0.1, -0.05) is 30.3 Å². The van der Waals surface area contributed by atoms with Crippen LogP contribution < -0.4 is 10.1 Å². The maximum absolute atomic E-state index is 13.0. The van der Waals surface area contributed by atoms with Gasteiger partial charge < -0.3 is 10.1 Å². The smallest absolute Gasteiger partial charge is 0.220 e. The van der Waals surface area contributed by atoms with E-state index in [1.807, 2.05) is 36.4 Å². The lowest BCUT2D eigenvalue weighted by Gasteiger charge is -2.07. The molecule has 0 unspecified atom stereocenters. The molecule has 22 heavy (non-hydrogen) atoms. The molecular formula is C18H20FNO2. The Hall–Kier alpha value is -2.36. The van der Waals surface area contributed by atoms with Crippen LogP contribution in [0.25, 0.3) is 0 Å². The van der Waals surface area contributed by atoms with E-state index in [1.165, 1.54) is 12.1 Å². The van der Waals surface area contributed by atoms with Crippen molar-refractivity contribution in [3.63, 3.8) is 0 Å². The maximum Gasteiger partial charge on any atom is 0.220 e. The Morgan fingerprint density at radius 3 is 2.68 bits per heavy atom. The van der Waals surface area contributed by atoms with Gasteiger partial charge in [0.2, 0.25) is 5.91 Å². The molecule has 0 aliphatic rings. The highest BCUT2D eigenvalue weighted by molar-refractivity contribution is 5.76. The molecule has 0 aromatic heterocycles. The number of carbonyl (C=O) groups is 1. The Morgan fingerprint density at radius 2 is 1.91 bits per heavy atom. The molecule has 0 heterocycles. The summed E-state index contributed by atoms with van der Waals surface area (Å²) < 4.78 is 18.5. The molecule has 0 radical (unpaired) electrons. The fraction of sp³-hybridized carbons (Fsp3) is 0.278. The normalized spacial score (nSPS) is 10.2. The molecule has 0 spiro atoms. The van der Waals surface area contributed by atoms with Gasteiger partial charge in [-0.25, -0.2) is 4.39 Å². The minimum absolute atomic E-state index is 0.0241. The van der Waals surface area contributed by atoms with Gasteiger partial charge in [0, 0.05) is 13.0 Å². The largest absolute Gasteiger partial charge is 0.494 e. The van der Waals surface area contributed by atoms with Gasteiger partial charge in [0.25, 0.3) is 0 Å². The molecule has 1 amide bonds. The van der Waals surface area contributed by atoms with Crippen molar-refractivity contribution >= 4 is 5.91 Å². The van der Waals surface area contributed by atoms with Crippen LogP contribution in [0.2, 0.25) is 0 Å². The van der Waals surface area contributed by atoms with E-state index in [0.717, 1.165) is 17.7 Å². The van der Waals surface area contributed by atoms with Crippen LogP contribution in [-0.4, -0.2) is 19.1 Å². The average molecular weight is 301 g/mol. The van der Waals surface area contributed by atoms with Gasteiger partial charge in [-0.2, -0.15) is 0 Å². The Morgan fingerprint density at radius 1 is 1.09 bits per heavy atom. The van der Waals surface area contributed by atoms with Crippen molar-refractivity contribution in [3.8, 4) is 5.75 Å². The summed E-state index contributed by atoms with van der Waals surface area (Å²) in [5.41, 5.74) is 0.836. The van der Waals surface area contributed by atoms with Crippen LogP contribution in [0.1, 0.15) is 18.4 Å². The van der Waals surface area contributed by atoms with E-state index in [9.17, 15) is 9.18 Å². The zero-order chi connectivity index (χ0) is 15.6. The van der Waals surface area contributed by atoms with Gasteiger partial charge in [-0.3, -0.25) is 4.79 Å². The first-order valence-corrected chi connectivity index (χ1v) is 7.43. The molecule has 3 nitrogen and oxygen atoms in total. The monoisotopic (exact) mass is 301 g/mol. The van der Waals surface area contributed by atoms with E-state index in [1.54, 1.807) is 6.07 Å². The third-order valence-corrected chi connectivity index (χ3v) is 3.18. The van der Waals surface area contributed by atoms with Gasteiger partial charge in [0.05, 0.1) is 6.61 Å². The minimum atomic E-state index is -0.268. The van der Waals surface area contributed by atoms with E-state index in [0.29, 0.717) is 26.0 Å². The number of hydrogen-bond donors (Lipinski definition) is 1. The number of rotatable bonds is 8. The highest BCUT2D eigenvalue weighted by Crippen LogP contribution is 2.08. The summed E-state index contributed by atoms with van der Waals surface area (Å²) in [5.74, 6) is 0.542. The Bertz CT molecular complexity index is 587. The minimum Gasteiger partial charge on any atom is -0.494 e. The molecule has 2 rings (SSSR count). The van der Waals surface area contributed by atoms with Gasteiger partial charge >= 0.3 is 0 Å². The topological polar surface area (TPSA) is 38.3 Å². The third kappa shape index (κ3) is 5.95. The molecule has 0 atom stereocenters. The second-order valence-electron chi connectivity index (χ2n) is 4.99. The second kappa shape index (κ2) is 8.82. The van der Waals surface area contributed by atoms with Crippen molar-refractivity contribution in [1.82, 2.24) is 5.32 Å². The predicted molar refractivity (Wildman–Crippen MR) is 84.3 cm³/mol. The highest BCUT2D eigenvalue weighted by Gasteiger charge is 2.02. The van der Waals surface area contributed by atoms with Crippen molar-refractivity contribution < 1.29 is 13.9 Å². The van der Waals surface area contributed by atoms with E-state index < -0.39 is 0 Å². The zero-order valence-electron chi connectivity index (χ0n) is 12.4. The molecule has 0 saturated heterocycles. The van der Waals surface area contributed by atoms with E-state index in [-0.39, 0.29) is 11.7 Å². The first-order chi connectivity index (χ1) is 10.7. The first-order valence-electron chi connectivity index (χ1n) is 7.43. The number of benzene rings is 2. The molecule has 2 aromatic rings. The van der Waals surface area contributed by atoms with Crippen molar-refractivity contribution in [2.24, 2.45) is 0 Å². The lowest BCUT2D eigenvalue weighted by Crippen LogP contribution is -2.25. The molecule has 116 valence electrons. The fourth-order valence-electron chi connectivity index (χ4n) is 2.05. The molecule has 0 bridgehead atoms. The molecule has 4 heteroatoms. The summed E-state index contributed by atoms with van der Waals surface area (Å²) in [7, 11) is 0. The first kappa shape index (κ1) is 16.0. The summed E-state index contributed by atoms with van der Waals surface area (Å²) in [6, 6.07) is 15.9. The van der Waals surface area contributed by atoms with E-state index >= 15 is 0 Å². The SMILES string of the molecule is O=C(CCc1cccc(F)c1)NCCCOc1ccccc1. The predicted octanol–water partition coefficient (Wildman–Crippen LogP) is 3.34. The maximum atomic E-state index is 13.0. The van der Waals surface area contributed by atoms with Crippen molar-refractivity contribution in [2.75, 3.05) is 13.2 Å². The molecule has 2 aromatic carbocycles. The van der Waals surface area contributed by atoms with Crippen LogP contribution in [0.4, 0.5) is 4.39 Å².